The van der Waals surface area contributed by atoms with Gasteiger partial charge in [0.15, 0.2) is 5.78 Å². The van der Waals surface area contributed by atoms with Gasteiger partial charge < -0.3 is 0 Å². The van der Waals surface area contributed by atoms with Gasteiger partial charge in [-0.1, -0.05) is 38.1 Å². The molecule has 4 nitrogen and oxygen atoms in total. The van der Waals surface area contributed by atoms with Gasteiger partial charge in [0.2, 0.25) is 0 Å². The van der Waals surface area contributed by atoms with Crippen LogP contribution in [0.15, 0.2) is 46.8 Å². The molecule has 0 amide bonds. The average Bonchev–Trinajstić information content (AvgIpc) is 3.06. The van der Waals surface area contributed by atoms with Crippen LogP contribution in [0.4, 0.5) is 0 Å². The van der Waals surface area contributed by atoms with Gasteiger partial charge in [-0.2, -0.15) is 0 Å². The summed E-state index contributed by atoms with van der Waals surface area (Å²) in [5.41, 5.74) is 1.68. The maximum absolute atomic E-state index is 12.4. The van der Waals surface area contributed by atoms with E-state index in [1.54, 1.807) is 6.07 Å². The monoisotopic (exact) mass is 326 g/mol. The number of rotatable bonds is 5. The molecule has 2 aromatic heterocycles. The Hall–Kier alpha value is -2.27. The molecule has 118 valence electrons. The van der Waals surface area contributed by atoms with Gasteiger partial charge in [-0.3, -0.25) is 14.2 Å². The number of hydrogen-bond donors (Lipinski definition) is 0. The molecule has 5 heteroatoms. The summed E-state index contributed by atoms with van der Waals surface area (Å²) in [7, 11) is 0. The van der Waals surface area contributed by atoms with Gasteiger partial charge in [-0.25, -0.2) is 4.98 Å². The van der Waals surface area contributed by atoms with E-state index in [9.17, 15) is 9.59 Å². The standard InChI is InChI=1S/C18H18N2O2S/c1-3-12(2)13-4-6-14(7-5-13)16(21)10-20-11-19-17-15(18(20)22)8-9-23-17/h4-9,11-12H,3,10H2,1-2H3/t12-/m0/s1. The first-order chi connectivity index (χ1) is 11.1. The van der Waals surface area contributed by atoms with Gasteiger partial charge in [-0.15, -0.1) is 11.3 Å². The number of carbonyl (C=O) groups excluding carboxylic acids is 1. The minimum atomic E-state index is -0.166. The Morgan fingerprint density at radius 2 is 2.00 bits per heavy atom. The maximum atomic E-state index is 12.4. The molecule has 23 heavy (non-hydrogen) atoms. The van der Waals surface area contributed by atoms with E-state index in [2.05, 4.69) is 18.8 Å². The van der Waals surface area contributed by atoms with Crippen molar-refractivity contribution in [1.29, 1.82) is 0 Å². The third-order valence-electron chi connectivity index (χ3n) is 4.18. The van der Waals surface area contributed by atoms with Crippen LogP contribution in [0.1, 0.15) is 42.1 Å². The van der Waals surface area contributed by atoms with Crippen LogP contribution in [0.25, 0.3) is 10.2 Å². The summed E-state index contributed by atoms with van der Waals surface area (Å²) >= 11 is 1.42. The summed E-state index contributed by atoms with van der Waals surface area (Å²) in [5, 5.41) is 2.40. The Morgan fingerprint density at radius 3 is 2.70 bits per heavy atom. The number of ketones is 1. The lowest BCUT2D eigenvalue weighted by atomic mass is 9.97. The van der Waals surface area contributed by atoms with Crippen molar-refractivity contribution in [2.75, 3.05) is 0 Å². The second-order valence-electron chi connectivity index (χ2n) is 5.67. The predicted octanol–water partition coefficient (Wildman–Crippen LogP) is 3.85. The highest BCUT2D eigenvalue weighted by atomic mass is 32.1. The molecule has 0 saturated carbocycles. The number of benzene rings is 1. The van der Waals surface area contributed by atoms with Gasteiger partial charge >= 0.3 is 0 Å². The Bertz CT molecular complexity index is 893. The second-order valence-corrected chi connectivity index (χ2v) is 6.57. The van der Waals surface area contributed by atoms with E-state index < -0.39 is 0 Å². The number of Topliss-reactive ketones (excluding diaryl/α,β-unsaturated/α-hetero) is 1. The van der Waals surface area contributed by atoms with E-state index in [4.69, 9.17) is 0 Å². The minimum Gasteiger partial charge on any atom is -0.292 e. The van der Waals surface area contributed by atoms with Gasteiger partial charge in [0, 0.05) is 5.56 Å². The van der Waals surface area contributed by atoms with Crippen molar-refractivity contribution >= 4 is 27.3 Å². The SMILES string of the molecule is CC[C@H](C)c1ccc(C(=O)Cn2cnc3sccc3c2=O)cc1. The third-order valence-corrected chi connectivity index (χ3v) is 5.00. The molecule has 3 rings (SSSR count). The largest absolute Gasteiger partial charge is 0.292 e. The zero-order valence-corrected chi connectivity index (χ0v) is 14.0. The smallest absolute Gasteiger partial charge is 0.262 e. The molecule has 0 fully saturated rings. The van der Waals surface area contributed by atoms with Crippen molar-refractivity contribution in [2.45, 2.75) is 32.7 Å². The molecule has 0 aliphatic rings. The fraction of sp³-hybridized carbons (Fsp3) is 0.278. The molecule has 0 saturated heterocycles. The van der Waals surface area contributed by atoms with Crippen molar-refractivity contribution in [1.82, 2.24) is 9.55 Å². The van der Waals surface area contributed by atoms with E-state index in [0.717, 1.165) is 6.42 Å². The molecule has 1 aromatic carbocycles. The molecule has 0 N–H and O–H groups in total. The third kappa shape index (κ3) is 3.10. The number of nitrogens with zero attached hydrogens (tertiary/aromatic N) is 2. The highest BCUT2D eigenvalue weighted by Gasteiger charge is 2.11. The number of hydrogen-bond acceptors (Lipinski definition) is 4. The minimum absolute atomic E-state index is 0.0142. The van der Waals surface area contributed by atoms with E-state index >= 15 is 0 Å². The first-order valence-corrected chi connectivity index (χ1v) is 8.54. The summed E-state index contributed by atoms with van der Waals surface area (Å²) in [6.45, 7) is 4.32. The quantitative estimate of drug-likeness (QED) is 0.669. The summed E-state index contributed by atoms with van der Waals surface area (Å²) in [5.74, 6) is 0.395. The van der Waals surface area contributed by atoms with Gasteiger partial charge in [0.1, 0.15) is 4.83 Å². The van der Waals surface area contributed by atoms with Crippen molar-refractivity contribution < 1.29 is 4.79 Å². The summed E-state index contributed by atoms with van der Waals surface area (Å²) in [6, 6.07) is 9.41. The lowest BCUT2D eigenvalue weighted by Gasteiger charge is -2.10. The molecule has 0 aliphatic carbocycles. The normalized spacial score (nSPS) is 12.4. The Morgan fingerprint density at radius 1 is 1.26 bits per heavy atom. The summed E-state index contributed by atoms with van der Waals surface area (Å²) in [6.07, 6.45) is 2.52. The highest BCUT2D eigenvalue weighted by molar-refractivity contribution is 7.16. The second kappa shape index (κ2) is 6.46. The van der Waals surface area contributed by atoms with Crippen molar-refractivity contribution in [3.8, 4) is 0 Å². The van der Waals surface area contributed by atoms with E-state index in [1.807, 2.05) is 29.6 Å². The van der Waals surface area contributed by atoms with Crippen molar-refractivity contribution in [3.05, 3.63) is 63.5 Å². The topological polar surface area (TPSA) is 52.0 Å². The average molecular weight is 326 g/mol. The van der Waals surface area contributed by atoms with Crippen LogP contribution in [-0.4, -0.2) is 15.3 Å². The van der Waals surface area contributed by atoms with Crippen LogP contribution in [0.3, 0.4) is 0 Å². The molecule has 0 spiro atoms. The molecule has 0 aliphatic heterocycles. The molecule has 1 atom stereocenters. The first kappa shape index (κ1) is 15.6. The number of carbonyl (C=O) groups is 1. The van der Waals surface area contributed by atoms with Gasteiger partial charge in [0.25, 0.3) is 5.56 Å². The number of aromatic nitrogens is 2. The lowest BCUT2D eigenvalue weighted by Crippen LogP contribution is -2.24. The summed E-state index contributed by atoms with van der Waals surface area (Å²) < 4.78 is 1.37. The van der Waals surface area contributed by atoms with Crippen LogP contribution < -0.4 is 5.56 Å². The maximum Gasteiger partial charge on any atom is 0.262 e. The lowest BCUT2D eigenvalue weighted by molar-refractivity contribution is 0.0970. The molecule has 0 unspecified atom stereocenters. The van der Waals surface area contributed by atoms with Gasteiger partial charge in [0.05, 0.1) is 18.3 Å². The first-order valence-electron chi connectivity index (χ1n) is 7.66. The Kier molecular flexibility index (Phi) is 4.39. The van der Waals surface area contributed by atoms with Crippen LogP contribution in [0, 0.1) is 0 Å². The van der Waals surface area contributed by atoms with Crippen molar-refractivity contribution in [2.24, 2.45) is 0 Å². The van der Waals surface area contributed by atoms with E-state index in [0.29, 0.717) is 21.7 Å². The molecular weight excluding hydrogens is 308 g/mol. The molecule has 2 heterocycles. The molecule has 0 bridgehead atoms. The Balaban J connectivity index is 1.83. The Labute approximate surface area is 138 Å². The zero-order valence-electron chi connectivity index (χ0n) is 13.2. The fourth-order valence-corrected chi connectivity index (χ4v) is 3.21. The number of fused-ring (bicyclic) bond motifs is 1. The molecule has 3 aromatic rings. The zero-order chi connectivity index (χ0) is 16.4. The van der Waals surface area contributed by atoms with Crippen LogP contribution >= 0.6 is 11.3 Å². The van der Waals surface area contributed by atoms with Crippen molar-refractivity contribution in [3.63, 3.8) is 0 Å². The predicted molar refractivity (Wildman–Crippen MR) is 93.4 cm³/mol. The fourth-order valence-electron chi connectivity index (χ4n) is 2.49. The molecule has 0 radical (unpaired) electrons. The molecular formula is C18H18N2O2S. The number of thiophene rings is 1. The van der Waals surface area contributed by atoms with Crippen LogP contribution in [0.5, 0.6) is 0 Å². The van der Waals surface area contributed by atoms with Crippen LogP contribution in [0.2, 0.25) is 0 Å². The highest BCUT2D eigenvalue weighted by Crippen LogP contribution is 2.19. The van der Waals surface area contributed by atoms with E-state index in [1.165, 1.54) is 27.8 Å². The van der Waals surface area contributed by atoms with E-state index in [-0.39, 0.29) is 17.9 Å². The van der Waals surface area contributed by atoms with Crippen LogP contribution in [-0.2, 0) is 6.54 Å². The van der Waals surface area contributed by atoms with Gasteiger partial charge in [-0.05, 0) is 29.3 Å². The summed E-state index contributed by atoms with van der Waals surface area (Å²) in [4.78, 5) is 29.7.